The monoisotopic (exact) mass is 413 g/mol. The van der Waals surface area contributed by atoms with Crippen molar-refractivity contribution in [3.63, 3.8) is 0 Å². The van der Waals surface area contributed by atoms with Crippen molar-refractivity contribution in [2.24, 2.45) is 0 Å². The molecule has 1 heterocycles. The zero-order chi connectivity index (χ0) is 21.0. The van der Waals surface area contributed by atoms with Gasteiger partial charge in [0.1, 0.15) is 5.56 Å². The van der Waals surface area contributed by atoms with Gasteiger partial charge in [0.2, 0.25) is 5.91 Å². The zero-order valence-electron chi connectivity index (χ0n) is 16.1. The van der Waals surface area contributed by atoms with Crippen LogP contribution in [0.25, 0.3) is 0 Å². The number of aromatic nitrogens is 2. The van der Waals surface area contributed by atoms with E-state index in [1.54, 1.807) is 0 Å². The maximum absolute atomic E-state index is 11.8. The summed E-state index contributed by atoms with van der Waals surface area (Å²) in [7, 11) is -4.14. The second kappa shape index (κ2) is 12.3. The van der Waals surface area contributed by atoms with Gasteiger partial charge in [-0.15, -0.1) is 0 Å². The van der Waals surface area contributed by atoms with Gasteiger partial charge in [-0.2, -0.15) is 0 Å². The van der Waals surface area contributed by atoms with Gasteiger partial charge in [0.25, 0.3) is 5.56 Å². The van der Waals surface area contributed by atoms with E-state index in [0.717, 1.165) is 30.3 Å². The third-order valence-electron chi connectivity index (χ3n) is 3.96. The van der Waals surface area contributed by atoms with Gasteiger partial charge in [-0.3, -0.25) is 23.7 Å². The smallest absolute Gasteiger partial charge is 0.328 e. The third kappa shape index (κ3) is 10.3. The molecule has 1 amide bonds. The zero-order valence-corrected chi connectivity index (χ0v) is 17.0. The molecule has 4 N–H and O–H groups in total. The molecule has 0 unspecified atom stereocenters. The Morgan fingerprint density at radius 3 is 2.61 bits per heavy atom. The van der Waals surface area contributed by atoms with Gasteiger partial charge >= 0.3 is 13.3 Å². The number of carbonyl (C=O) groups excluding carboxylic acids is 1. The summed E-state index contributed by atoms with van der Waals surface area (Å²) < 4.78 is 12.0. The average molecular weight is 413 g/mol. The summed E-state index contributed by atoms with van der Waals surface area (Å²) in [6.45, 7) is 2.26. The van der Waals surface area contributed by atoms with E-state index in [1.165, 1.54) is 12.6 Å². The van der Waals surface area contributed by atoms with Crippen LogP contribution in [0.5, 0.6) is 0 Å². The largest absolute Gasteiger partial charge is 0.345 e. The Kier molecular flexibility index (Phi) is 10.5. The van der Waals surface area contributed by atoms with Gasteiger partial charge in [0, 0.05) is 19.2 Å². The van der Waals surface area contributed by atoms with E-state index < -0.39 is 18.8 Å². The first-order valence-electron chi connectivity index (χ1n) is 9.37. The van der Waals surface area contributed by atoms with Crippen LogP contribution in [0.1, 0.15) is 57.4 Å². The highest BCUT2D eigenvalue weighted by Crippen LogP contribution is 2.34. The van der Waals surface area contributed by atoms with Crippen molar-refractivity contribution < 1.29 is 19.1 Å². The number of unbranched alkanes of at least 4 members (excludes halogenated alkanes) is 4. The second-order valence-corrected chi connectivity index (χ2v) is 8.26. The van der Waals surface area contributed by atoms with Crippen molar-refractivity contribution in [2.45, 2.75) is 58.4 Å². The summed E-state index contributed by atoms with van der Waals surface area (Å²) in [5.41, 5.74) is -1.27. The average Bonchev–Trinajstić information content (AvgIpc) is 2.60. The minimum atomic E-state index is -4.14. The number of amides is 1. The number of nitrogens with one attached hydrogen (secondary N) is 2. The van der Waals surface area contributed by atoms with Crippen LogP contribution in [0.15, 0.2) is 15.8 Å². The lowest BCUT2D eigenvalue weighted by molar-refractivity contribution is -0.120. The van der Waals surface area contributed by atoms with Gasteiger partial charge in [-0.05, 0) is 12.8 Å². The van der Waals surface area contributed by atoms with Crippen molar-refractivity contribution in [1.82, 2.24) is 14.9 Å². The van der Waals surface area contributed by atoms with Crippen molar-refractivity contribution in [3.8, 4) is 11.8 Å². The van der Waals surface area contributed by atoms with Crippen LogP contribution in [-0.2, 0) is 15.9 Å². The number of aromatic amines is 1. The van der Waals surface area contributed by atoms with E-state index in [1.807, 2.05) is 0 Å². The molecule has 0 fully saturated rings. The molecule has 0 saturated heterocycles. The molecule has 0 spiro atoms. The van der Waals surface area contributed by atoms with Gasteiger partial charge in [0.05, 0.1) is 12.7 Å². The molecule has 9 nitrogen and oxygen atoms in total. The molecule has 0 bridgehead atoms. The highest BCUT2D eigenvalue weighted by atomic mass is 31.2. The first-order chi connectivity index (χ1) is 13.2. The Balaban J connectivity index is 2.54. The lowest BCUT2D eigenvalue weighted by Crippen LogP contribution is -2.31. The molecule has 0 aromatic carbocycles. The molecule has 0 atom stereocenters. The number of hydrogen-bond acceptors (Lipinski definition) is 4. The Morgan fingerprint density at radius 2 is 1.93 bits per heavy atom. The van der Waals surface area contributed by atoms with Crippen molar-refractivity contribution in [3.05, 3.63) is 32.6 Å². The van der Waals surface area contributed by atoms with Crippen molar-refractivity contribution >= 4 is 13.5 Å². The Bertz CT molecular complexity index is 859. The molecule has 0 aliphatic heterocycles. The first kappa shape index (κ1) is 23.9. The van der Waals surface area contributed by atoms with Crippen LogP contribution in [0.3, 0.4) is 0 Å². The minimum absolute atomic E-state index is 0.0458. The van der Waals surface area contributed by atoms with Crippen LogP contribution in [-0.4, -0.2) is 38.0 Å². The molecule has 0 aliphatic rings. The predicted molar refractivity (Wildman–Crippen MR) is 106 cm³/mol. The van der Waals surface area contributed by atoms with Gasteiger partial charge < -0.3 is 15.1 Å². The van der Waals surface area contributed by atoms with Crippen LogP contribution < -0.4 is 16.6 Å². The molecular weight excluding hydrogens is 385 g/mol. The summed E-state index contributed by atoms with van der Waals surface area (Å²) in [5.74, 6) is 5.18. The third-order valence-corrected chi connectivity index (χ3v) is 4.86. The number of nitrogens with zero attached hydrogens (tertiary/aromatic N) is 1. The van der Waals surface area contributed by atoms with Crippen LogP contribution in [0, 0.1) is 11.8 Å². The van der Waals surface area contributed by atoms with Gasteiger partial charge in [-0.25, -0.2) is 4.79 Å². The van der Waals surface area contributed by atoms with Crippen molar-refractivity contribution in [1.29, 1.82) is 0 Å². The van der Waals surface area contributed by atoms with Gasteiger partial charge in [-0.1, -0.05) is 44.4 Å². The molecule has 1 aromatic rings. The topological polar surface area (TPSA) is 141 Å². The first-order valence-corrected chi connectivity index (χ1v) is 11.2. The maximum atomic E-state index is 11.8. The Morgan fingerprint density at radius 1 is 1.21 bits per heavy atom. The standard InChI is InChI=1S/C18H28N3O6P/c1-2-3-4-5-6-10-16(22)19-11-7-9-15-14-21(18(24)20-17(15)23)12-8-13-28(25,26)27/h14H,2-6,8,10-13H2,1H3,(H,19,22)(H,20,23,24)(H2,25,26,27). The van der Waals surface area contributed by atoms with Gasteiger partial charge in [0.15, 0.2) is 0 Å². The van der Waals surface area contributed by atoms with E-state index in [-0.39, 0.29) is 37.1 Å². The number of H-pyrrole nitrogens is 1. The van der Waals surface area contributed by atoms with E-state index in [9.17, 15) is 18.9 Å². The fourth-order valence-electron chi connectivity index (χ4n) is 2.47. The molecule has 1 aromatic heterocycles. The summed E-state index contributed by atoms with van der Waals surface area (Å²) >= 11 is 0. The molecule has 28 heavy (non-hydrogen) atoms. The molecule has 10 heteroatoms. The SMILES string of the molecule is CCCCCCCC(=O)NCC#Cc1cn(CCCP(=O)(O)O)c(=O)[nH]c1=O. The lowest BCUT2D eigenvalue weighted by atomic mass is 10.1. The number of carbonyl (C=O) groups is 1. The number of rotatable bonds is 11. The minimum Gasteiger partial charge on any atom is -0.345 e. The summed E-state index contributed by atoms with van der Waals surface area (Å²) in [4.78, 5) is 55.1. The fraction of sp³-hybridized carbons (Fsp3) is 0.611. The number of hydrogen-bond donors (Lipinski definition) is 4. The van der Waals surface area contributed by atoms with Crippen LogP contribution >= 0.6 is 7.60 Å². The highest BCUT2D eigenvalue weighted by Gasteiger charge is 2.12. The quantitative estimate of drug-likeness (QED) is 0.242. The molecule has 0 saturated carbocycles. The normalized spacial score (nSPS) is 11.0. The van der Waals surface area contributed by atoms with Crippen LogP contribution in [0.4, 0.5) is 0 Å². The Labute approximate surface area is 163 Å². The second-order valence-electron chi connectivity index (χ2n) is 6.48. The van der Waals surface area contributed by atoms with Crippen LogP contribution in [0.2, 0.25) is 0 Å². The van der Waals surface area contributed by atoms with E-state index in [2.05, 4.69) is 29.1 Å². The molecule has 0 radical (unpaired) electrons. The molecule has 156 valence electrons. The van der Waals surface area contributed by atoms with E-state index in [4.69, 9.17) is 9.79 Å². The molecule has 0 aliphatic carbocycles. The molecular formula is C18H28N3O6P. The molecule has 1 rings (SSSR count). The summed E-state index contributed by atoms with van der Waals surface area (Å²) in [6.07, 6.45) is 6.71. The highest BCUT2D eigenvalue weighted by molar-refractivity contribution is 7.51. The van der Waals surface area contributed by atoms with Crippen molar-refractivity contribution in [2.75, 3.05) is 12.7 Å². The van der Waals surface area contributed by atoms with E-state index >= 15 is 0 Å². The Hall–Kier alpha value is -2.14. The number of aryl methyl sites for hydroxylation is 1. The maximum Gasteiger partial charge on any atom is 0.328 e. The van der Waals surface area contributed by atoms with E-state index in [0.29, 0.717) is 6.42 Å². The summed E-state index contributed by atoms with van der Waals surface area (Å²) in [6, 6.07) is 0. The fourth-order valence-corrected chi connectivity index (χ4v) is 3.02. The lowest BCUT2D eigenvalue weighted by Gasteiger charge is -2.06. The predicted octanol–water partition coefficient (Wildman–Crippen LogP) is 0.933. The summed E-state index contributed by atoms with van der Waals surface area (Å²) in [5, 5.41) is 2.66.